The van der Waals surface area contributed by atoms with Crippen molar-refractivity contribution in [3.05, 3.63) is 65.5 Å². The van der Waals surface area contributed by atoms with Crippen molar-refractivity contribution in [1.29, 1.82) is 0 Å². The fourth-order valence-corrected chi connectivity index (χ4v) is 2.30. The van der Waals surface area contributed by atoms with Gasteiger partial charge in [-0.2, -0.15) is 0 Å². The molecule has 0 aliphatic rings. The number of halogens is 1. The Balaban J connectivity index is 2.23. The average Bonchev–Trinajstić information content (AvgIpc) is 2.48. The van der Waals surface area contributed by atoms with Crippen molar-refractivity contribution >= 4 is 0 Å². The van der Waals surface area contributed by atoms with Crippen molar-refractivity contribution in [1.82, 2.24) is 0 Å². The zero-order chi connectivity index (χ0) is 14.6. The van der Waals surface area contributed by atoms with Crippen LogP contribution in [0.15, 0.2) is 48.5 Å². The second-order valence-corrected chi connectivity index (χ2v) is 5.25. The summed E-state index contributed by atoms with van der Waals surface area (Å²) in [7, 11) is 1.63. The van der Waals surface area contributed by atoms with E-state index in [0.29, 0.717) is 6.42 Å². The molecule has 0 aromatic heterocycles. The normalized spacial score (nSPS) is 13.8. The van der Waals surface area contributed by atoms with Crippen molar-refractivity contribution < 1.29 is 14.2 Å². The summed E-state index contributed by atoms with van der Waals surface area (Å²) >= 11 is 0. The average molecular weight is 274 g/mol. The molecule has 0 aliphatic heterocycles. The van der Waals surface area contributed by atoms with Gasteiger partial charge >= 0.3 is 0 Å². The molecule has 2 nitrogen and oxygen atoms in total. The molecule has 2 aromatic rings. The Bertz CT molecular complexity index is 548. The summed E-state index contributed by atoms with van der Waals surface area (Å²) in [6, 6.07) is 14.1. The van der Waals surface area contributed by atoms with E-state index >= 15 is 0 Å². The highest BCUT2D eigenvalue weighted by Crippen LogP contribution is 2.28. The Morgan fingerprint density at radius 3 is 2.15 bits per heavy atom. The topological polar surface area (TPSA) is 29.5 Å². The van der Waals surface area contributed by atoms with Gasteiger partial charge in [-0.1, -0.05) is 31.2 Å². The number of methoxy groups -OCH3 is 1. The van der Waals surface area contributed by atoms with Crippen LogP contribution in [0.2, 0.25) is 0 Å². The molecule has 2 rings (SSSR count). The standard InChI is InChI=1S/C17H19FO2/c1-17(12-19,14-5-7-15(18)8-6-14)11-13-3-9-16(20-2)10-4-13/h3-10,19H,11-12H2,1-2H3. The lowest BCUT2D eigenvalue weighted by Gasteiger charge is -2.28. The van der Waals surface area contributed by atoms with E-state index in [1.54, 1.807) is 19.2 Å². The smallest absolute Gasteiger partial charge is 0.123 e. The number of aliphatic hydroxyl groups excluding tert-OH is 1. The second-order valence-electron chi connectivity index (χ2n) is 5.25. The number of rotatable bonds is 5. The third-order valence-corrected chi connectivity index (χ3v) is 3.64. The molecule has 0 fully saturated rings. The number of ether oxygens (including phenoxy) is 1. The molecule has 2 aromatic carbocycles. The van der Waals surface area contributed by atoms with Gasteiger partial charge < -0.3 is 9.84 Å². The van der Waals surface area contributed by atoms with Crippen LogP contribution >= 0.6 is 0 Å². The van der Waals surface area contributed by atoms with E-state index in [0.717, 1.165) is 16.9 Å². The molecule has 3 heteroatoms. The highest BCUT2D eigenvalue weighted by molar-refractivity contribution is 5.32. The van der Waals surface area contributed by atoms with Crippen molar-refractivity contribution in [2.24, 2.45) is 0 Å². The lowest BCUT2D eigenvalue weighted by atomic mass is 9.78. The molecule has 1 N–H and O–H groups in total. The van der Waals surface area contributed by atoms with E-state index in [1.807, 2.05) is 31.2 Å². The van der Waals surface area contributed by atoms with Crippen molar-refractivity contribution in [2.75, 3.05) is 13.7 Å². The molecule has 0 spiro atoms. The largest absolute Gasteiger partial charge is 0.497 e. The lowest BCUT2D eigenvalue weighted by molar-refractivity contribution is 0.204. The lowest BCUT2D eigenvalue weighted by Crippen LogP contribution is -2.29. The van der Waals surface area contributed by atoms with Crippen molar-refractivity contribution in [3.63, 3.8) is 0 Å². The van der Waals surface area contributed by atoms with E-state index in [2.05, 4.69) is 0 Å². The number of hydrogen-bond acceptors (Lipinski definition) is 2. The van der Waals surface area contributed by atoms with E-state index in [4.69, 9.17) is 4.74 Å². The Hall–Kier alpha value is -1.87. The van der Waals surface area contributed by atoms with Crippen LogP contribution in [0.3, 0.4) is 0 Å². The maximum atomic E-state index is 13.0. The maximum absolute atomic E-state index is 13.0. The summed E-state index contributed by atoms with van der Waals surface area (Å²) in [5.74, 6) is 0.541. The highest BCUT2D eigenvalue weighted by Gasteiger charge is 2.26. The Labute approximate surface area is 118 Å². The van der Waals surface area contributed by atoms with Crippen LogP contribution in [0.25, 0.3) is 0 Å². The van der Waals surface area contributed by atoms with Gasteiger partial charge in [-0.3, -0.25) is 0 Å². The minimum Gasteiger partial charge on any atom is -0.497 e. The summed E-state index contributed by atoms with van der Waals surface area (Å²) in [5.41, 5.74) is 1.60. The van der Waals surface area contributed by atoms with Crippen molar-refractivity contribution in [2.45, 2.75) is 18.8 Å². The molecule has 1 unspecified atom stereocenters. The number of hydrogen-bond donors (Lipinski definition) is 1. The van der Waals surface area contributed by atoms with E-state index < -0.39 is 5.41 Å². The summed E-state index contributed by atoms with van der Waals surface area (Å²) in [5, 5.41) is 9.75. The first kappa shape index (κ1) is 14.5. The fourth-order valence-electron chi connectivity index (χ4n) is 2.30. The maximum Gasteiger partial charge on any atom is 0.123 e. The van der Waals surface area contributed by atoms with Crippen LogP contribution in [-0.4, -0.2) is 18.8 Å². The van der Waals surface area contributed by atoms with E-state index in [9.17, 15) is 9.50 Å². The van der Waals surface area contributed by atoms with Gasteiger partial charge in [-0.05, 0) is 41.8 Å². The van der Waals surface area contributed by atoms with Crippen LogP contribution in [0.1, 0.15) is 18.1 Å². The minimum atomic E-state index is -0.428. The summed E-state index contributed by atoms with van der Waals surface area (Å²) in [4.78, 5) is 0. The predicted octanol–water partition coefficient (Wildman–Crippen LogP) is 3.33. The van der Waals surface area contributed by atoms with Gasteiger partial charge in [-0.15, -0.1) is 0 Å². The summed E-state index contributed by atoms with van der Waals surface area (Å²) < 4.78 is 18.1. The zero-order valence-electron chi connectivity index (χ0n) is 11.8. The van der Waals surface area contributed by atoms with E-state index in [-0.39, 0.29) is 12.4 Å². The third-order valence-electron chi connectivity index (χ3n) is 3.64. The summed E-state index contributed by atoms with van der Waals surface area (Å²) in [6.07, 6.45) is 0.680. The minimum absolute atomic E-state index is 0.00462. The molecule has 0 radical (unpaired) electrons. The van der Waals surface area contributed by atoms with Crippen molar-refractivity contribution in [3.8, 4) is 5.75 Å². The molecule has 0 bridgehead atoms. The molecule has 0 amide bonds. The molecule has 0 heterocycles. The molecular weight excluding hydrogens is 255 g/mol. The third kappa shape index (κ3) is 3.17. The number of benzene rings is 2. The first-order valence-electron chi connectivity index (χ1n) is 6.57. The fraction of sp³-hybridized carbons (Fsp3) is 0.294. The van der Waals surface area contributed by atoms with Gasteiger partial charge in [0.1, 0.15) is 11.6 Å². The second kappa shape index (κ2) is 6.06. The Morgan fingerprint density at radius 2 is 1.65 bits per heavy atom. The van der Waals surface area contributed by atoms with Gasteiger partial charge in [-0.25, -0.2) is 4.39 Å². The first-order chi connectivity index (χ1) is 9.57. The molecule has 0 aliphatic carbocycles. The predicted molar refractivity (Wildman–Crippen MR) is 77.5 cm³/mol. The van der Waals surface area contributed by atoms with Gasteiger partial charge in [0.2, 0.25) is 0 Å². The van der Waals surface area contributed by atoms with Gasteiger partial charge in [0.05, 0.1) is 13.7 Å². The zero-order valence-corrected chi connectivity index (χ0v) is 11.8. The molecular formula is C17H19FO2. The molecule has 20 heavy (non-hydrogen) atoms. The van der Waals surface area contributed by atoms with E-state index in [1.165, 1.54) is 12.1 Å². The monoisotopic (exact) mass is 274 g/mol. The van der Waals surface area contributed by atoms with Crippen LogP contribution in [0.5, 0.6) is 5.75 Å². The van der Waals surface area contributed by atoms with Crippen LogP contribution < -0.4 is 4.74 Å². The Morgan fingerprint density at radius 1 is 1.05 bits per heavy atom. The highest BCUT2D eigenvalue weighted by atomic mass is 19.1. The number of aliphatic hydroxyl groups is 1. The van der Waals surface area contributed by atoms with Gasteiger partial charge in [0.25, 0.3) is 0 Å². The van der Waals surface area contributed by atoms with Gasteiger partial charge in [0, 0.05) is 5.41 Å². The molecule has 1 atom stereocenters. The quantitative estimate of drug-likeness (QED) is 0.906. The van der Waals surface area contributed by atoms with Crippen LogP contribution in [0.4, 0.5) is 4.39 Å². The molecule has 0 saturated carbocycles. The van der Waals surface area contributed by atoms with Crippen LogP contribution in [-0.2, 0) is 11.8 Å². The molecule has 0 saturated heterocycles. The Kier molecular flexibility index (Phi) is 4.40. The molecule has 106 valence electrons. The van der Waals surface area contributed by atoms with Gasteiger partial charge in [0.15, 0.2) is 0 Å². The SMILES string of the molecule is COc1ccc(CC(C)(CO)c2ccc(F)cc2)cc1. The van der Waals surface area contributed by atoms with Crippen LogP contribution in [0, 0.1) is 5.82 Å². The summed E-state index contributed by atoms with van der Waals surface area (Å²) in [6.45, 7) is 1.98. The first-order valence-corrected chi connectivity index (χ1v) is 6.57.